The number of hydrogen-bond acceptors (Lipinski definition) is 4. The van der Waals surface area contributed by atoms with Gasteiger partial charge in [0.1, 0.15) is 0 Å². The van der Waals surface area contributed by atoms with E-state index in [4.69, 9.17) is 5.73 Å². The zero-order valence-corrected chi connectivity index (χ0v) is 10.2. The van der Waals surface area contributed by atoms with Crippen LogP contribution in [0.1, 0.15) is 13.3 Å². The van der Waals surface area contributed by atoms with E-state index in [-0.39, 0.29) is 17.9 Å². The highest BCUT2D eigenvalue weighted by Gasteiger charge is 2.42. The average molecular weight is 243 g/mol. The monoisotopic (exact) mass is 243 g/mol. The number of rotatable bonds is 2. The number of nitrogens with two attached hydrogens (primary N) is 1. The molecule has 90 valence electrons. The quantitative estimate of drug-likeness (QED) is 0.677. The summed E-state index contributed by atoms with van der Waals surface area (Å²) in [7, 11) is 0. The molecule has 2 fully saturated rings. The maximum atomic E-state index is 12.1. The molecule has 0 aromatic heterocycles. The van der Waals surface area contributed by atoms with Gasteiger partial charge in [-0.2, -0.15) is 0 Å². The Labute approximate surface area is 99.1 Å². The molecule has 0 saturated carbocycles. The fourth-order valence-corrected chi connectivity index (χ4v) is 3.06. The van der Waals surface area contributed by atoms with Crippen LogP contribution in [0.3, 0.4) is 0 Å². The summed E-state index contributed by atoms with van der Waals surface area (Å²) in [6.45, 7) is 2.94. The zero-order valence-electron chi connectivity index (χ0n) is 9.36. The highest BCUT2D eigenvalue weighted by Crippen LogP contribution is 2.30. The standard InChI is InChI=1S/C10H17N3O2S/c1-10(9(11)15)2-3-13(5-10)8(14)7-4-16-6-12-7/h7,12H,2-6H2,1H3,(H2,11,15). The van der Waals surface area contributed by atoms with Crippen LogP contribution in [0.25, 0.3) is 0 Å². The summed E-state index contributed by atoms with van der Waals surface area (Å²) in [6.07, 6.45) is 0.675. The van der Waals surface area contributed by atoms with Crippen molar-refractivity contribution >= 4 is 23.6 Å². The topological polar surface area (TPSA) is 75.4 Å². The van der Waals surface area contributed by atoms with E-state index in [1.54, 1.807) is 16.7 Å². The molecule has 3 N–H and O–H groups in total. The summed E-state index contributed by atoms with van der Waals surface area (Å²) in [5, 5.41) is 3.15. The van der Waals surface area contributed by atoms with Crippen molar-refractivity contribution in [3.05, 3.63) is 0 Å². The summed E-state index contributed by atoms with van der Waals surface area (Å²) in [4.78, 5) is 25.1. The van der Waals surface area contributed by atoms with Gasteiger partial charge in [-0.1, -0.05) is 0 Å². The van der Waals surface area contributed by atoms with Crippen LogP contribution in [0.15, 0.2) is 0 Å². The molecule has 0 aliphatic carbocycles. The van der Waals surface area contributed by atoms with Gasteiger partial charge in [0.2, 0.25) is 11.8 Å². The molecule has 2 amide bonds. The van der Waals surface area contributed by atoms with E-state index in [9.17, 15) is 9.59 Å². The van der Waals surface area contributed by atoms with Gasteiger partial charge in [-0.3, -0.25) is 14.9 Å². The molecule has 2 heterocycles. The summed E-state index contributed by atoms with van der Waals surface area (Å²) in [5.41, 5.74) is 4.81. The Hall–Kier alpha value is -0.750. The first-order valence-corrected chi connectivity index (χ1v) is 6.58. The Morgan fingerprint density at radius 2 is 2.31 bits per heavy atom. The molecule has 0 aromatic rings. The normalized spacial score (nSPS) is 34.3. The maximum Gasteiger partial charge on any atom is 0.240 e. The largest absolute Gasteiger partial charge is 0.369 e. The Morgan fingerprint density at radius 1 is 1.56 bits per heavy atom. The first-order valence-electron chi connectivity index (χ1n) is 5.43. The number of likely N-dealkylation sites (tertiary alicyclic amines) is 1. The van der Waals surface area contributed by atoms with Crippen LogP contribution in [0.4, 0.5) is 0 Å². The van der Waals surface area contributed by atoms with Gasteiger partial charge in [-0.15, -0.1) is 11.8 Å². The second kappa shape index (κ2) is 4.25. The van der Waals surface area contributed by atoms with Gasteiger partial charge in [-0.25, -0.2) is 0 Å². The molecule has 5 nitrogen and oxygen atoms in total. The van der Waals surface area contributed by atoms with Gasteiger partial charge in [0, 0.05) is 24.7 Å². The number of thioether (sulfide) groups is 1. The van der Waals surface area contributed by atoms with Gasteiger partial charge in [0.25, 0.3) is 0 Å². The van der Waals surface area contributed by atoms with Gasteiger partial charge < -0.3 is 10.6 Å². The predicted molar refractivity (Wildman–Crippen MR) is 62.7 cm³/mol. The molecule has 2 atom stereocenters. The van der Waals surface area contributed by atoms with Crippen LogP contribution < -0.4 is 11.1 Å². The van der Waals surface area contributed by atoms with Crippen LogP contribution in [-0.2, 0) is 9.59 Å². The molecule has 0 spiro atoms. The highest BCUT2D eigenvalue weighted by molar-refractivity contribution is 7.99. The number of amides is 2. The van der Waals surface area contributed by atoms with E-state index in [1.807, 2.05) is 6.92 Å². The van der Waals surface area contributed by atoms with Crippen molar-refractivity contribution in [3.8, 4) is 0 Å². The molecular formula is C10H17N3O2S. The highest BCUT2D eigenvalue weighted by atomic mass is 32.2. The van der Waals surface area contributed by atoms with Crippen molar-refractivity contribution in [2.75, 3.05) is 24.7 Å². The van der Waals surface area contributed by atoms with Crippen LogP contribution in [0, 0.1) is 5.41 Å². The van der Waals surface area contributed by atoms with E-state index >= 15 is 0 Å². The molecule has 16 heavy (non-hydrogen) atoms. The molecule has 2 unspecified atom stereocenters. The Balaban J connectivity index is 1.97. The van der Waals surface area contributed by atoms with Crippen molar-refractivity contribution in [3.63, 3.8) is 0 Å². The molecule has 0 radical (unpaired) electrons. The molecule has 6 heteroatoms. The van der Waals surface area contributed by atoms with Crippen molar-refractivity contribution < 1.29 is 9.59 Å². The Morgan fingerprint density at radius 3 is 2.81 bits per heavy atom. The molecule has 0 bridgehead atoms. The number of nitrogens with zero attached hydrogens (tertiary/aromatic N) is 1. The van der Waals surface area contributed by atoms with Gasteiger partial charge in [0.05, 0.1) is 11.5 Å². The van der Waals surface area contributed by atoms with Crippen molar-refractivity contribution in [1.29, 1.82) is 0 Å². The number of carbonyl (C=O) groups excluding carboxylic acids is 2. The van der Waals surface area contributed by atoms with E-state index in [0.717, 1.165) is 11.6 Å². The van der Waals surface area contributed by atoms with E-state index in [0.29, 0.717) is 19.5 Å². The summed E-state index contributed by atoms with van der Waals surface area (Å²) in [6, 6.07) is -0.0831. The Bertz CT molecular complexity index is 317. The number of carbonyl (C=O) groups is 2. The first-order chi connectivity index (χ1) is 7.53. The number of hydrogen-bond donors (Lipinski definition) is 2. The van der Waals surface area contributed by atoms with E-state index in [1.165, 1.54) is 0 Å². The van der Waals surface area contributed by atoms with Crippen LogP contribution in [0.2, 0.25) is 0 Å². The van der Waals surface area contributed by atoms with Crippen molar-refractivity contribution in [1.82, 2.24) is 10.2 Å². The van der Waals surface area contributed by atoms with Crippen LogP contribution >= 0.6 is 11.8 Å². The second-order valence-electron chi connectivity index (χ2n) is 4.71. The van der Waals surface area contributed by atoms with Crippen LogP contribution in [-0.4, -0.2) is 47.5 Å². The summed E-state index contributed by atoms with van der Waals surface area (Å²) < 4.78 is 0. The predicted octanol–water partition coefficient (Wildman–Crippen LogP) is -0.627. The first kappa shape index (κ1) is 11.7. The van der Waals surface area contributed by atoms with Crippen molar-refractivity contribution in [2.45, 2.75) is 19.4 Å². The summed E-state index contributed by atoms with van der Waals surface area (Å²) >= 11 is 1.73. The molecule has 0 aromatic carbocycles. The fourth-order valence-electron chi connectivity index (χ4n) is 2.12. The lowest BCUT2D eigenvalue weighted by Gasteiger charge is -2.23. The molecule has 2 aliphatic rings. The third-order valence-electron chi connectivity index (χ3n) is 3.39. The Kier molecular flexibility index (Phi) is 3.12. The lowest BCUT2D eigenvalue weighted by molar-refractivity contribution is -0.132. The van der Waals surface area contributed by atoms with Gasteiger partial charge in [0.15, 0.2) is 0 Å². The van der Waals surface area contributed by atoms with E-state index < -0.39 is 5.41 Å². The van der Waals surface area contributed by atoms with E-state index in [2.05, 4.69) is 5.32 Å². The molecule has 2 saturated heterocycles. The lowest BCUT2D eigenvalue weighted by atomic mass is 9.89. The number of primary amides is 1. The lowest BCUT2D eigenvalue weighted by Crippen LogP contribution is -2.45. The average Bonchev–Trinajstić information content (AvgIpc) is 2.85. The second-order valence-corrected chi connectivity index (χ2v) is 5.74. The van der Waals surface area contributed by atoms with Gasteiger partial charge in [-0.05, 0) is 13.3 Å². The minimum Gasteiger partial charge on any atom is -0.369 e. The van der Waals surface area contributed by atoms with Gasteiger partial charge >= 0.3 is 0 Å². The third-order valence-corrected chi connectivity index (χ3v) is 4.33. The maximum absolute atomic E-state index is 12.1. The molecular weight excluding hydrogens is 226 g/mol. The fraction of sp³-hybridized carbons (Fsp3) is 0.800. The third kappa shape index (κ3) is 2.04. The minimum absolute atomic E-state index is 0.0831. The minimum atomic E-state index is -0.540. The number of nitrogens with one attached hydrogen (secondary N) is 1. The zero-order chi connectivity index (χ0) is 11.8. The SMILES string of the molecule is CC1(C(N)=O)CCN(C(=O)C2CSCN2)C1. The molecule has 2 rings (SSSR count). The van der Waals surface area contributed by atoms with Crippen molar-refractivity contribution in [2.24, 2.45) is 11.1 Å². The smallest absolute Gasteiger partial charge is 0.240 e. The molecule has 2 aliphatic heterocycles. The van der Waals surface area contributed by atoms with Crippen LogP contribution in [0.5, 0.6) is 0 Å². The summed E-state index contributed by atoms with van der Waals surface area (Å²) in [5.74, 6) is 1.45.